The summed E-state index contributed by atoms with van der Waals surface area (Å²) in [5, 5.41) is 11.7. The van der Waals surface area contributed by atoms with Crippen molar-refractivity contribution in [2.75, 3.05) is 6.61 Å². The van der Waals surface area contributed by atoms with Crippen molar-refractivity contribution >= 4 is 6.21 Å². The number of aliphatic hydroxyl groups is 1. The SMILES string of the molecule is CC1(CO)N=CC=CN1. The van der Waals surface area contributed by atoms with Crippen molar-refractivity contribution in [2.45, 2.75) is 12.6 Å². The average Bonchev–Trinajstić information content (AvgIpc) is 1.90. The summed E-state index contributed by atoms with van der Waals surface area (Å²) in [6.45, 7) is 1.85. The first-order chi connectivity index (χ1) is 4.27. The summed E-state index contributed by atoms with van der Waals surface area (Å²) >= 11 is 0. The van der Waals surface area contributed by atoms with Gasteiger partial charge in [-0.2, -0.15) is 0 Å². The maximum Gasteiger partial charge on any atom is 0.149 e. The van der Waals surface area contributed by atoms with Crippen LogP contribution in [0.4, 0.5) is 0 Å². The first kappa shape index (κ1) is 6.29. The molecule has 3 heteroatoms. The van der Waals surface area contributed by atoms with Gasteiger partial charge in [0.15, 0.2) is 0 Å². The van der Waals surface area contributed by atoms with Crippen LogP contribution in [0, 0.1) is 0 Å². The highest BCUT2D eigenvalue weighted by molar-refractivity contribution is 5.72. The average molecular weight is 126 g/mol. The maximum atomic E-state index is 8.74. The Morgan fingerprint density at radius 1 is 1.78 bits per heavy atom. The van der Waals surface area contributed by atoms with E-state index in [9.17, 15) is 0 Å². The topological polar surface area (TPSA) is 44.6 Å². The standard InChI is InChI=1S/C6H10N2O/c1-6(5-9)7-3-2-4-8-6/h2-4,7,9H,5H2,1H3. The van der Waals surface area contributed by atoms with Gasteiger partial charge in [0.1, 0.15) is 5.66 Å². The number of nitrogens with one attached hydrogen (secondary N) is 1. The van der Waals surface area contributed by atoms with Gasteiger partial charge in [-0.25, -0.2) is 0 Å². The zero-order valence-electron chi connectivity index (χ0n) is 5.33. The van der Waals surface area contributed by atoms with Crippen molar-refractivity contribution in [1.82, 2.24) is 5.32 Å². The third kappa shape index (κ3) is 1.29. The quantitative estimate of drug-likeness (QED) is 0.514. The van der Waals surface area contributed by atoms with E-state index in [4.69, 9.17) is 5.11 Å². The lowest BCUT2D eigenvalue weighted by atomic mass is 10.2. The number of hydrogen-bond donors (Lipinski definition) is 2. The molecule has 0 aliphatic carbocycles. The molecule has 0 aromatic heterocycles. The van der Waals surface area contributed by atoms with E-state index in [1.54, 1.807) is 18.5 Å². The number of aliphatic hydroxyl groups excluding tert-OH is 1. The van der Waals surface area contributed by atoms with Crippen molar-refractivity contribution in [3.8, 4) is 0 Å². The van der Waals surface area contributed by atoms with Crippen LogP contribution in [0.3, 0.4) is 0 Å². The third-order valence-corrected chi connectivity index (χ3v) is 1.24. The first-order valence-electron chi connectivity index (χ1n) is 2.86. The van der Waals surface area contributed by atoms with E-state index in [0.29, 0.717) is 0 Å². The Morgan fingerprint density at radius 2 is 2.56 bits per heavy atom. The second-order valence-corrected chi connectivity index (χ2v) is 2.21. The summed E-state index contributed by atoms with van der Waals surface area (Å²) in [4.78, 5) is 4.01. The maximum absolute atomic E-state index is 8.74. The summed E-state index contributed by atoms with van der Waals surface area (Å²) in [6.07, 6.45) is 5.23. The molecule has 0 aromatic rings. The molecule has 0 radical (unpaired) electrons. The minimum absolute atomic E-state index is 0.0217. The molecule has 9 heavy (non-hydrogen) atoms. The second kappa shape index (κ2) is 2.19. The lowest BCUT2D eigenvalue weighted by Gasteiger charge is -2.24. The van der Waals surface area contributed by atoms with Gasteiger partial charge in [-0.3, -0.25) is 4.99 Å². The fourth-order valence-corrected chi connectivity index (χ4v) is 0.602. The van der Waals surface area contributed by atoms with Gasteiger partial charge in [-0.1, -0.05) is 0 Å². The molecular weight excluding hydrogens is 116 g/mol. The predicted molar refractivity (Wildman–Crippen MR) is 36.3 cm³/mol. The number of rotatable bonds is 1. The largest absolute Gasteiger partial charge is 0.392 e. The number of nitrogens with zero attached hydrogens (tertiary/aromatic N) is 1. The fourth-order valence-electron chi connectivity index (χ4n) is 0.602. The van der Waals surface area contributed by atoms with Crippen LogP contribution < -0.4 is 5.32 Å². The molecule has 3 nitrogen and oxygen atoms in total. The number of allylic oxidation sites excluding steroid dienone is 1. The van der Waals surface area contributed by atoms with Crippen molar-refractivity contribution in [2.24, 2.45) is 4.99 Å². The molecule has 1 aliphatic heterocycles. The molecule has 0 spiro atoms. The molecule has 1 unspecified atom stereocenters. The Kier molecular flexibility index (Phi) is 1.53. The Balaban J connectivity index is 2.63. The molecular formula is C6H10N2O. The van der Waals surface area contributed by atoms with Crippen LogP contribution in [0.5, 0.6) is 0 Å². The normalized spacial score (nSPS) is 32.2. The smallest absolute Gasteiger partial charge is 0.149 e. The third-order valence-electron chi connectivity index (χ3n) is 1.24. The molecule has 0 bridgehead atoms. The molecule has 50 valence electrons. The highest BCUT2D eigenvalue weighted by Gasteiger charge is 2.19. The molecule has 0 aromatic carbocycles. The summed E-state index contributed by atoms with van der Waals surface area (Å²) in [5.74, 6) is 0. The van der Waals surface area contributed by atoms with Crippen LogP contribution in [-0.2, 0) is 0 Å². The van der Waals surface area contributed by atoms with Gasteiger partial charge in [0.25, 0.3) is 0 Å². The van der Waals surface area contributed by atoms with Crippen molar-refractivity contribution < 1.29 is 5.11 Å². The van der Waals surface area contributed by atoms with Crippen LogP contribution in [-0.4, -0.2) is 23.6 Å². The summed E-state index contributed by atoms with van der Waals surface area (Å²) < 4.78 is 0. The highest BCUT2D eigenvalue weighted by Crippen LogP contribution is 2.05. The van der Waals surface area contributed by atoms with Gasteiger partial charge < -0.3 is 10.4 Å². The fraction of sp³-hybridized carbons (Fsp3) is 0.500. The molecule has 1 aliphatic rings. The van der Waals surface area contributed by atoms with E-state index >= 15 is 0 Å². The zero-order chi connectivity index (χ0) is 6.74. The second-order valence-electron chi connectivity index (χ2n) is 2.21. The van der Waals surface area contributed by atoms with Gasteiger partial charge in [-0.05, 0) is 19.2 Å². The summed E-state index contributed by atoms with van der Waals surface area (Å²) in [5.41, 5.74) is -0.491. The number of aliphatic imine (C=N–C) groups is 1. The Morgan fingerprint density at radius 3 is 2.89 bits per heavy atom. The van der Waals surface area contributed by atoms with Gasteiger partial charge in [-0.15, -0.1) is 0 Å². The minimum Gasteiger partial charge on any atom is -0.392 e. The van der Waals surface area contributed by atoms with Crippen LogP contribution >= 0.6 is 0 Å². The van der Waals surface area contributed by atoms with Gasteiger partial charge in [0.05, 0.1) is 6.61 Å². The van der Waals surface area contributed by atoms with Gasteiger partial charge in [0, 0.05) is 6.21 Å². The summed E-state index contributed by atoms with van der Waals surface area (Å²) in [7, 11) is 0. The molecule has 0 amide bonds. The molecule has 1 heterocycles. The van der Waals surface area contributed by atoms with E-state index < -0.39 is 5.66 Å². The molecule has 1 atom stereocenters. The van der Waals surface area contributed by atoms with Crippen molar-refractivity contribution in [1.29, 1.82) is 0 Å². The monoisotopic (exact) mass is 126 g/mol. The van der Waals surface area contributed by atoms with E-state index in [-0.39, 0.29) is 6.61 Å². The Bertz CT molecular complexity index is 153. The summed E-state index contributed by atoms with van der Waals surface area (Å²) in [6, 6.07) is 0. The van der Waals surface area contributed by atoms with E-state index in [1.807, 2.05) is 6.92 Å². The number of hydrogen-bond acceptors (Lipinski definition) is 3. The highest BCUT2D eigenvalue weighted by atomic mass is 16.3. The van der Waals surface area contributed by atoms with Crippen LogP contribution in [0.1, 0.15) is 6.92 Å². The van der Waals surface area contributed by atoms with E-state index in [1.165, 1.54) is 0 Å². The van der Waals surface area contributed by atoms with E-state index in [2.05, 4.69) is 10.3 Å². The zero-order valence-corrected chi connectivity index (χ0v) is 5.33. The molecule has 0 saturated heterocycles. The molecule has 0 fully saturated rings. The van der Waals surface area contributed by atoms with Crippen molar-refractivity contribution in [3.05, 3.63) is 12.3 Å². The molecule has 1 rings (SSSR count). The Hall–Kier alpha value is -0.830. The first-order valence-corrected chi connectivity index (χ1v) is 2.86. The molecule has 0 saturated carbocycles. The van der Waals surface area contributed by atoms with Crippen molar-refractivity contribution in [3.63, 3.8) is 0 Å². The lowest BCUT2D eigenvalue weighted by molar-refractivity contribution is 0.194. The molecule has 2 N–H and O–H groups in total. The lowest BCUT2D eigenvalue weighted by Crippen LogP contribution is -2.42. The van der Waals surface area contributed by atoms with Gasteiger partial charge >= 0.3 is 0 Å². The van der Waals surface area contributed by atoms with Crippen LogP contribution in [0.2, 0.25) is 0 Å². The minimum atomic E-state index is -0.491. The predicted octanol–water partition coefficient (Wildman–Crippen LogP) is -0.117. The van der Waals surface area contributed by atoms with Crippen LogP contribution in [0.25, 0.3) is 0 Å². The Labute approximate surface area is 54.1 Å². The van der Waals surface area contributed by atoms with E-state index in [0.717, 1.165) is 0 Å². The van der Waals surface area contributed by atoms with Gasteiger partial charge in [0.2, 0.25) is 0 Å². The van der Waals surface area contributed by atoms with Crippen LogP contribution in [0.15, 0.2) is 17.3 Å².